The highest BCUT2D eigenvalue weighted by Crippen LogP contribution is 2.44. The SMILES string of the molecule is COC1CCCN(c2nc(C3CC3)c(CNC(C)C)s2)C1. The van der Waals surface area contributed by atoms with Crippen molar-refractivity contribution in [3.63, 3.8) is 0 Å². The standard InChI is InChI=1S/C16H27N3OS/c1-11(2)17-9-14-15(12-6-7-12)18-16(21-14)19-8-4-5-13(10-19)20-3/h11-13,17H,4-10H2,1-3H3. The molecule has 0 amide bonds. The van der Waals surface area contributed by atoms with Gasteiger partial charge in [0.05, 0.1) is 11.8 Å². The fourth-order valence-corrected chi connectivity index (χ4v) is 4.02. The lowest BCUT2D eigenvalue weighted by atomic mass is 10.1. The first-order valence-electron chi connectivity index (χ1n) is 8.18. The molecule has 21 heavy (non-hydrogen) atoms. The van der Waals surface area contributed by atoms with E-state index in [1.54, 1.807) is 0 Å². The van der Waals surface area contributed by atoms with Gasteiger partial charge in [-0.2, -0.15) is 0 Å². The zero-order chi connectivity index (χ0) is 14.8. The van der Waals surface area contributed by atoms with Gasteiger partial charge in [-0.15, -0.1) is 11.3 Å². The molecule has 1 saturated heterocycles. The van der Waals surface area contributed by atoms with Crippen molar-refractivity contribution in [2.75, 3.05) is 25.1 Å². The zero-order valence-electron chi connectivity index (χ0n) is 13.4. The monoisotopic (exact) mass is 309 g/mol. The van der Waals surface area contributed by atoms with Gasteiger partial charge in [-0.1, -0.05) is 13.8 Å². The third-order valence-corrected chi connectivity index (χ3v) is 5.47. The van der Waals surface area contributed by atoms with E-state index in [1.807, 2.05) is 18.4 Å². The lowest BCUT2D eigenvalue weighted by Crippen LogP contribution is -2.39. The molecule has 1 unspecified atom stereocenters. The van der Waals surface area contributed by atoms with Gasteiger partial charge in [0.15, 0.2) is 5.13 Å². The van der Waals surface area contributed by atoms with Crippen molar-refractivity contribution in [1.29, 1.82) is 0 Å². The minimum Gasteiger partial charge on any atom is -0.380 e. The van der Waals surface area contributed by atoms with E-state index < -0.39 is 0 Å². The summed E-state index contributed by atoms with van der Waals surface area (Å²) in [6, 6.07) is 0.524. The van der Waals surface area contributed by atoms with Crippen molar-refractivity contribution < 1.29 is 4.74 Å². The van der Waals surface area contributed by atoms with Crippen LogP contribution in [0, 0.1) is 0 Å². The van der Waals surface area contributed by atoms with Gasteiger partial charge in [0.2, 0.25) is 0 Å². The molecule has 118 valence electrons. The normalized spacial score (nSPS) is 23.0. The van der Waals surface area contributed by atoms with E-state index in [-0.39, 0.29) is 0 Å². The summed E-state index contributed by atoms with van der Waals surface area (Å²) in [6.45, 7) is 7.47. The Balaban J connectivity index is 1.74. The van der Waals surface area contributed by atoms with Gasteiger partial charge in [-0.25, -0.2) is 4.98 Å². The molecule has 1 N–H and O–H groups in total. The van der Waals surface area contributed by atoms with Crippen LogP contribution in [-0.4, -0.2) is 37.3 Å². The van der Waals surface area contributed by atoms with E-state index in [1.165, 1.54) is 41.4 Å². The number of piperidine rings is 1. The predicted octanol–water partition coefficient (Wildman–Crippen LogP) is 3.13. The van der Waals surface area contributed by atoms with Gasteiger partial charge in [-0.3, -0.25) is 0 Å². The fourth-order valence-electron chi connectivity index (χ4n) is 2.89. The molecule has 0 bridgehead atoms. The van der Waals surface area contributed by atoms with E-state index >= 15 is 0 Å². The van der Waals surface area contributed by atoms with Crippen molar-refractivity contribution in [2.45, 2.75) is 64.1 Å². The number of rotatable bonds is 6. The molecule has 2 fully saturated rings. The third kappa shape index (κ3) is 3.76. The topological polar surface area (TPSA) is 37.4 Å². The van der Waals surface area contributed by atoms with Crippen molar-refractivity contribution in [3.8, 4) is 0 Å². The lowest BCUT2D eigenvalue weighted by molar-refractivity contribution is 0.0893. The Morgan fingerprint density at radius 3 is 2.86 bits per heavy atom. The van der Waals surface area contributed by atoms with E-state index in [0.29, 0.717) is 12.1 Å². The van der Waals surface area contributed by atoms with Crippen molar-refractivity contribution in [3.05, 3.63) is 10.6 Å². The molecule has 2 heterocycles. The number of hydrogen-bond acceptors (Lipinski definition) is 5. The molecular formula is C16H27N3OS. The van der Waals surface area contributed by atoms with Gasteiger partial charge in [-0.05, 0) is 25.7 Å². The van der Waals surface area contributed by atoms with Gasteiger partial charge < -0.3 is 15.0 Å². The number of hydrogen-bond donors (Lipinski definition) is 1. The van der Waals surface area contributed by atoms with Crippen LogP contribution in [0.2, 0.25) is 0 Å². The first-order chi connectivity index (χ1) is 10.2. The Morgan fingerprint density at radius 2 is 2.19 bits per heavy atom. The van der Waals surface area contributed by atoms with Crippen molar-refractivity contribution >= 4 is 16.5 Å². The average Bonchev–Trinajstić information content (AvgIpc) is 3.25. The molecule has 2 aliphatic rings. The largest absolute Gasteiger partial charge is 0.380 e. The number of aromatic nitrogens is 1. The van der Waals surface area contributed by atoms with Gasteiger partial charge >= 0.3 is 0 Å². The second-order valence-electron chi connectivity index (χ2n) is 6.56. The summed E-state index contributed by atoms with van der Waals surface area (Å²) in [7, 11) is 1.82. The highest BCUT2D eigenvalue weighted by molar-refractivity contribution is 7.15. The maximum atomic E-state index is 5.54. The lowest BCUT2D eigenvalue weighted by Gasteiger charge is -2.31. The van der Waals surface area contributed by atoms with Crippen LogP contribution in [0.15, 0.2) is 0 Å². The van der Waals surface area contributed by atoms with Crippen LogP contribution in [0.5, 0.6) is 0 Å². The van der Waals surface area contributed by atoms with E-state index in [9.17, 15) is 0 Å². The number of thiazole rings is 1. The van der Waals surface area contributed by atoms with E-state index in [4.69, 9.17) is 9.72 Å². The first kappa shape index (κ1) is 15.3. The molecule has 0 aromatic carbocycles. The summed E-state index contributed by atoms with van der Waals surface area (Å²) in [5.74, 6) is 0.724. The Labute approximate surface area is 131 Å². The van der Waals surface area contributed by atoms with Crippen LogP contribution in [0.25, 0.3) is 0 Å². The van der Waals surface area contributed by atoms with Crippen molar-refractivity contribution in [2.24, 2.45) is 0 Å². The Kier molecular flexibility index (Phi) is 4.82. The van der Waals surface area contributed by atoms with Crippen molar-refractivity contribution in [1.82, 2.24) is 10.3 Å². The number of nitrogens with zero attached hydrogens (tertiary/aromatic N) is 2. The maximum Gasteiger partial charge on any atom is 0.185 e. The average molecular weight is 309 g/mol. The Hall–Kier alpha value is -0.650. The smallest absolute Gasteiger partial charge is 0.185 e. The van der Waals surface area contributed by atoms with E-state index in [2.05, 4.69) is 24.1 Å². The molecule has 5 heteroatoms. The summed E-state index contributed by atoms with van der Waals surface area (Å²) < 4.78 is 5.54. The van der Waals surface area contributed by atoms with Gasteiger partial charge in [0.1, 0.15) is 0 Å². The molecule has 1 aromatic heterocycles. The second-order valence-corrected chi connectivity index (χ2v) is 7.62. The highest BCUT2D eigenvalue weighted by atomic mass is 32.1. The number of ether oxygens (including phenoxy) is 1. The number of anilines is 1. The fraction of sp³-hybridized carbons (Fsp3) is 0.812. The molecule has 1 atom stereocenters. The molecule has 1 saturated carbocycles. The first-order valence-corrected chi connectivity index (χ1v) is 8.99. The Morgan fingerprint density at radius 1 is 1.38 bits per heavy atom. The van der Waals surface area contributed by atoms with Gasteiger partial charge in [0.25, 0.3) is 0 Å². The minimum absolute atomic E-state index is 0.365. The van der Waals surface area contributed by atoms with Crippen LogP contribution in [0.4, 0.5) is 5.13 Å². The molecule has 1 aliphatic heterocycles. The molecule has 1 aliphatic carbocycles. The summed E-state index contributed by atoms with van der Waals surface area (Å²) in [6.07, 6.45) is 5.38. The second kappa shape index (κ2) is 6.63. The van der Waals surface area contributed by atoms with Gasteiger partial charge in [0, 0.05) is 43.6 Å². The highest BCUT2D eigenvalue weighted by Gasteiger charge is 2.31. The van der Waals surface area contributed by atoms with Crippen LogP contribution >= 0.6 is 11.3 Å². The molecular weight excluding hydrogens is 282 g/mol. The Bertz CT molecular complexity index is 470. The summed E-state index contributed by atoms with van der Waals surface area (Å²) in [5.41, 5.74) is 1.36. The summed E-state index contributed by atoms with van der Waals surface area (Å²) in [5, 5.41) is 4.76. The van der Waals surface area contributed by atoms with E-state index in [0.717, 1.165) is 25.6 Å². The number of methoxy groups -OCH3 is 1. The molecule has 0 spiro atoms. The molecule has 4 nitrogen and oxygen atoms in total. The quantitative estimate of drug-likeness (QED) is 0.876. The third-order valence-electron chi connectivity index (χ3n) is 4.33. The number of nitrogens with one attached hydrogen (secondary N) is 1. The molecule has 1 aromatic rings. The zero-order valence-corrected chi connectivity index (χ0v) is 14.2. The van der Waals surface area contributed by atoms with Crippen LogP contribution in [-0.2, 0) is 11.3 Å². The molecule has 3 rings (SSSR count). The molecule has 0 radical (unpaired) electrons. The summed E-state index contributed by atoms with van der Waals surface area (Å²) >= 11 is 1.89. The predicted molar refractivity (Wildman–Crippen MR) is 88.3 cm³/mol. The van der Waals surface area contributed by atoms with Crippen LogP contribution < -0.4 is 10.2 Å². The summed E-state index contributed by atoms with van der Waals surface area (Å²) in [4.78, 5) is 8.86. The minimum atomic E-state index is 0.365. The maximum absolute atomic E-state index is 5.54. The van der Waals surface area contributed by atoms with Crippen LogP contribution in [0.1, 0.15) is 56.0 Å². The van der Waals surface area contributed by atoms with Crippen LogP contribution in [0.3, 0.4) is 0 Å².